The normalized spacial score (nSPS) is 10.2. The lowest BCUT2D eigenvalue weighted by molar-refractivity contribution is -0.120. The number of amides is 2. The minimum atomic E-state index is -0.428. The van der Waals surface area contributed by atoms with Crippen LogP contribution in [-0.4, -0.2) is 30.1 Å². The highest BCUT2D eigenvalue weighted by atomic mass is 32.1. The highest BCUT2D eigenvalue weighted by Gasteiger charge is 2.14. The molecule has 0 saturated heterocycles. The van der Waals surface area contributed by atoms with Gasteiger partial charge in [-0.2, -0.15) is 0 Å². The van der Waals surface area contributed by atoms with E-state index in [1.54, 1.807) is 6.07 Å². The van der Waals surface area contributed by atoms with Crippen LogP contribution >= 0.6 is 11.3 Å². The molecule has 6 nitrogen and oxygen atoms in total. The fraction of sp³-hybridized carbons (Fsp3) is 0.308. The van der Waals surface area contributed by atoms with E-state index in [-0.39, 0.29) is 18.1 Å². The van der Waals surface area contributed by atoms with Gasteiger partial charge in [0.2, 0.25) is 5.91 Å². The second kappa shape index (κ2) is 6.85. The minimum Gasteiger partial charge on any atom is -0.355 e. The number of hydrogen-bond acceptors (Lipinski definition) is 5. The van der Waals surface area contributed by atoms with E-state index in [2.05, 4.69) is 15.8 Å². The molecule has 2 heterocycles. The van der Waals surface area contributed by atoms with Gasteiger partial charge in [0.05, 0.1) is 11.4 Å². The maximum atomic E-state index is 11.8. The third kappa shape index (κ3) is 3.67. The molecule has 2 amide bonds. The molecule has 20 heavy (non-hydrogen) atoms. The molecule has 0 unspecified atom stereocenters. The third-order valence-electron chi connectivity index (χ3n) is 2.49. The number of nitrogens with one attached hydrogen (secondary N) is 2. The number of carbonyl (C=O) groups is 2. The summed E-state index contributed by atoms with van der Waals surface area (Å²) < 4.78 is 5.10. The van der Waals surface area contributed by atoms with E-state index in [0.717, 1.165) is 11.3 Å². The smallest absolute Gasteiger partial charge is 0.273 e. The van der Waals surface area contributed by atoms with Crippen molar-refractivity contribution in [3.05, 3.63) is 29.3 Å². The van der Waals surface area contributed by atoms with E-state index in [9.17, 15) is 9.59 Å². The zero-order valence-corrected chi connectivity index (χ0v) is 11.8. The molecule has 0 aliphatic heterocycles. The van der Waals surface area contributed by atoms with E-state index >= 15 is 0 Å². The van der Waals surface area contributed by atoms with Crippen LogP contribution in [0.2, 0.25) is 0 Å². The summed E-state index contributed by atoms with van der Waals surface area (Å²) in [5, 5.41) is 10.8. The van der Waals surface area contributed by atoms with Crippen molar-refractivity contribution in [2.24, 2.45) is 0 Å². The summed E-state index contributed by atoms with van der Waals surface area (Å²) >= 11 is 1.50. The highest BCUT2D eigenvalue weighted by Crippen LogP contribution is 2.24. The van der Waals surface area contributed by atoms with Crippen molar-refractivity contribution in [3.8, 4) is 10.6 Å². The Hall–Kier alpha value is -2.15. The molecule has 0 fully saturated rings. The van der Waals surface area contributed by atoms with Crippen molar-refractivity contribution in [2.45, 2.75) is 13.3 Å². The first kappa shape index (κ1) is 14.3. The van der Waals surface area contributed by atoms with Gasteiger partial charge in [0.1, 0.15) is 0 Å². The number of aromatic nitrogens is 1. The van der Waals surface area contributed by atoms with Crippen LogP contribution in [0, 0.1) is 0 Å². The summed E-state index contributed by atoms with van der Waals surface area (Å²) in [5.74, 6) is -0.106. The van der Waals surface area contributed by atoms with Gasteiger partial charge in [-0.3, -0.25) is 9.59 Å². The first-order valence-electron chi connectivity index (χ1n) is 6.26. The van der Waals surface area contributed by atoms with E-state index in [0.29, 0.717) is 12.3 Å². The van der Waals surface area contributed by atoms with Crippen molar-refractivity contribution in [1.82, 2.24) is 15.8 Å². The Morgan fingerprint density at radius 2 is 2.25 bits per heavy atom. The molecular weight excluding hydrogens is 278 g/mol. The van der Waals surface area contributed by atoms with Crippen LogP contribution in [0.25, 0.3) is 10.6 Å². The number of hydrogen-bond donors (Lipinski definition) is 2. The molecule has 0 aromatic carbocycles. The summed E-state index contributed by atoms with van der Waals surface area (Å²) in [6, 6.07) is 5.33. The molecule has 2 aromatic rings. The molecule has 0 saturated carbocycles. The third-order valence-corrected chi connectivity index (χ3v) is 3.37. The number of thiophene rings is 1. The lowest BCUT2D eigenvalue weighted by Crippen LogP contribution is -2.37. The molecule has 2 rings (SSSR count). The largest absolute Gasteiger partial charge is 0.355 e. The Kier molecular flexibility index (Phi) is 4.89. The second-order valence-corrected chi connectivity index (χ2v) is 5.03. The lowest BCUT2D eigenvalue weighted by atomic mass is 10.3. The number of carbonyl (C=O) groups excluding carboxylic acids is 2. The van der Waals surface area contributed by atoms with Gasteiger partial charge in [0.25, 0.3) is 5.91 Å². The lowest BCUT2D eigenvalue weighted by Gasteiger charge is -2.03. The van der Waals surface area contributed by atoms with Crippen LogP contribution in [0.15, 0.2) is 28.1 Å². The van der Waals surface area contributed by atoms with Gasteiger partial charge in [-0.05, 0) is 17.9 Å². The Morgan fingerprint density at radius 3 is 2.95 bits per heavy atom. The molecule has 2 N–H and O–H groups in total. The molecular formula is C13H15N3O3S. The molecule has 7 heteroatoms. The van der Waals surface area contributed by atoms with E-state index in [1.165, 1.54) is 11.3 Å². The Bertz CT molecular complexity index is 577. The Labute approximate surface area is 120 Å². The maximum absolute atomic E-state index is 11.8. The summed E-state index contributed by atoms with van der Waals surface area (Å²) in [5.41, 5.74) is 0.164. The van der Waals surface area contributed by atoms with Crippen molar-refractivity contribution in [3.63, 3.8) is 0 Å². The van der Waals surface area contributed by atoms with Crippen molar-refractivity contribution < 1.29 is 14.1 Å². The molecule has 0 spiro atoms. The van der Waals surface area contributed by atoms with Crippen molar-refractivity contribution >= 4 is 23.2 Å². The summed E-state index contributed by atoms with van der Waals surface area (Å²) in [6.45, 7) is 2.49. The topological polar surface area (TPSA) is 84.2 Å². The standard InChI is InChI=1S/C13H15N3O3S/c1-2-5-14-12(17)8-15-13(18)9-7-10(19-16-9)11-4-3-6-20-11/h3-4,6-7H,2,5,8H2,1H3,(H,14,17)(H,15,18). The van der Waals surface area contributed by atoms with E-state index in [1.807, 2.05) is 24.4 Å². The quantitative estimate of drug-likeness (QED) is 0.848. The average Bonchev–Trinajstić information content (AvgIpc) is 3.11. The van der Waals surface area contributed by atoms with Gasteiger partial charge in [0.15, 0.2) is 11.5 Å². The van der Waals surface area contributed by atoms with Gasteiger partial charge in [-0.25, -0.2) is 0 Å². The zero-order valence-electron chi connectivity index (χ0n) is 11.0. The van der Waals surface area contributed by atoms with Crippen LogP contribution in [-0.2, 0) is 4.79 Å². The van der Waals surface area contributed by atoms with Gasteiger partial charge in [0, 0.05) is 12.6 Å². The molecule has 0 aliphatic carbocycles. The molecule has 0 bridgehead atoms. The van der Waals surface area contributed by atoms with Crippen LogP contribution in [0.4, 0.5) is 0 Å². The SMILES string of the molecule is CCCNC(=O)CNC(=O)c1cc(-c2cccs2)on1. The van der Waals surface area contributed by atoms with E-state index in [4.69, 9.17) is 4.52 Å². The molecule has 0 aliphatic rings. The predicted octanol–water partition coefficient (Wildman–Crippen LogP) is 1.66. The van der Waals surface area contributed by atoms with Crippen LogP contribution in [0.1, 0.15) is 23.8 Å². The van der Waals surface area contributed by atoms with Gasteiger partial charge in [-0.1, -0.05) is 18.1 Å². The summed E-state index contributed by atoms with van der Waals surface area (Å²) in [4.78, 5) is 24.1. The number of nitrogens with zero attached hydrogens (tertiary/aromatic N) is 1. The van der Waals surface area contributed by atoms with Crippen molar-refractivity contribution in [1.29, 1.82) is 0 Å². The summed E-state index contributed by atoms with van der Waals surface area (Å²) in [7, 11) is 0. The molecule has 0 radical (unpaired) electrons. The Balaban J connectivity index is 1.88. The average molecular weight is 293 g/mol. The minimum absolute atomic E-state index is 0.0694. The van der Waals surface area contributed by atoms with Gasteiger partial charge < -0.3 is 15.2 Å². The zero-order chi connectivity index (χ0) is 14.4. The van der Waals surface area contributed by atoms with Crippen molar-refractivity contribution in [2.75, 3.05) is 13.1 Å². The fourth-order valence-corrected chi connectivity index (χ4v) is 2.17. The first-order valence-corrected chi connectivity index (χ1v) is 7.14. The second-order valence-electron chi connectivity index (χ2n) is 4.09. The maximum Gasteiger partial charge on any atom is 0.273 e. The van der Waals surface area contributed by atoms with Crippen LogP contribution < -0.4 is 10.6 Å². The van der Waals surface area contributed by atoms with Crippen LogP contribution in [0.5, 0.6) is 0 Å². The fourth-order valence-electron chi connectivity index (χ4n) is 1.50. The summed E-state index contributed by atoms with van der Waals surface area (Å²) in [6.07, 6.45) is 0.854. The molecule has 2 aromatic heterocycles. The van der Waals surface area contributed by atoms with Crippen LogP contribution in [0.3, 0.4) is 0 Å². The molecule has 0 atom stereocenters. The van der Waals surface area contributed by atoms with E-state index < -0.39 is 5.91 Å². The number of rotatable bonds is 6. The molecule has 106 valence electrons. The Morgan fingerprint density at radius 1 is 1.40 bits per heavy atom. The highest BCUT2D eigenvalue weighted by molar-refractivity contribution is 7.13. The van der Waals surface area contributed by atoms with Gasteiger partial charge >= 0.3 is 0 Å². The first-order chi connectivity index (χ1) is 9.70. The monoisotopic (exact) mass is 293 g/mol. The predicted molar refractivity (Wildman–Crippen MR) is 75.4 cm³/mol. The van der Waals surface area contributed by atoms with Gasteiger partial charge in [-0.15, -0.1) is 11.3 Å².